The van der Waals surface area contributed by atoms with Gasteiger partial charge in [0.15, 0.2) is 6.29 Å². The summed E-state index contributed by atoms with van der Waals surface area (Å²) >= 11 is 0. The second kappa shape index (κ2) is 6.08. The first-order valence-electron chi connectivity index (χ1n) is 5.52. The van der Waals surface area contributed by atoms with Crippen LogP contribution in [-0.2, 0) is 19.0 Å². The second-order valence-corrected chi connectivity index (χ2v) is 4.26. The standard InChI is InChI=1S/C11H20O4/c1-8(2)7-13-10-5-4-6-11(15-10)14-9(3)12/h8,10-11H,4-7H2,1-3H3/t10-,11-/m1/s1. The Labute approximate surface area is 90.9 Å². The maximum atomic E-state index is 10.7. The van der Waals surface area contributed by atoms with Crippen LogP contribution in [0.1, 0.15) is 40.0 Å². The van der Waals surface area contributed by atoms with Gasteiger partial charge >= 0.3 is 5.97 Å². The summed E-state index contributed by atoms with van der Waals surface area (Å²) in [5.74, 6) is 0.187. The minimum atomic E-state index is -0.423. The fourth-order valence-corrected chi connectivity index (χ4v) is 1.45. The van der Waals surface area contributed by atoms with E-state index < -0.39 is 6.29 Å². The minimum absolute atomic E-state index is 0.217. The Bertz CT molecular complexity index is 203. The summed E-state index contributed by atoms with van der Waals surface area (Å²) in [5.41, 5.74) is 0. The van der Waals surface area contributed by atoms with Crippen LogP contribution in [0.15, 0.2) is 0 Å². The van der Waals surface area contributed by atoms with E-state index in [2.05, 4.69) is 13.8 Å². The molecule has 0 amide bonds. The molecule has 0 aliphatic carbocycles. The fourth-order valence-electron chi connectivity index (χ4n) is 1.45. The Morgan fingerprint density at radius 3 is 2.67 bits per heavy atom. The van der Waals surface area contributed by atoms with Crippen LogP contribution in [0.25, 0.3) is 0 Å². The normalized spacial score (nSPS) is 26.7. The average Bonchev–Trinajstić information content (AvgIpc) is 2.14. The lowest BCUT2D eigenvalue weighted by molar-refractivity contribution is -0.261. The van der Waals surface area contributed by atoms with E-state index in [1.807, 2.05) is 0 Å². The zero-order valence-corrected chi connectivity index (χ0v) is 9.69. The summed E-state index contributed by atoms with van der Waals surface area (Å²) in [6, 6.07) is 0. The van der Waals surface area contributed by atoms with Gasteiger partial charge in [0, 0.05) is 13.3 Å². The molecule has 0 N–H and O–H groups in total. The first-order chi connectivity index (χ1) is 7.08. The van der Waals surface area contributed by atoms with Crippen molar-refractivity contribution < 1.29 is 19.0 Å². The van der Waals surface area contributed by atoms with Gasteiger partial charge in [0.1, 0.15) is 0 Å². The van der Waals surface area contributed by atoms with Gasteiger partial charge in [-0.1, -0.05) is 13.8 Å². The lowest BCUT2D eigenvalue weighted by Crippen LogP contribution is -2.33. The van der Waals surface area contributed by atoms with Crippen LogP contribution in [0.5, 0.6) is 0 Å². The predicted molar refractivity (Wildman–Crippen MR) is 55.1 cm³/mol. The molecule has 88 valence electrons. The molecule has 1 saturated heterocycles. The zero-order valence-electron chi connectivity index (χ0n) is 9.69. The average molecular weight is 216 g/mol. The van der Waals surface area contributed by atoms with Gasteiger partial charge in [-0.2, -0.15) is 0 Å². The second-order valence-electron chi connectivity index (χ2n) is 4.26. The Morgan fingerprint density at radius 2 is 2.07 bits per heavy atom. The highest BCUT2D eigenvalue weighted by Crippen LogP contribution is 2.21. The number of esters is 1. The van der Waals surface area contributed by atoms with Crippen LogP contribution < -0.4 is 0 Å². The number of carbonyl (C=O) groups is 1. The zero-order chi connectivity index (χ0) is 11.3. The van der Waals surface area contributed by atoms with Crippen LogP contribution >= 0.6 is 0 Å². The molecule has 0 aromatic carbocycles. The molecule has 15 heavy (non-hydrogen) atoms. The first kappa shape index (κ1) is 12.5. The molecule has 1 heterocycles. The third-order valence-electron chi connectivity index (χ3n) is 2.10. The smallest absolute Gasteiger partial charge is 0.304 e. The van der Waals surface area contributed by atoms with Crippen molar-refractivity contribution in [2.24, 2.45) is 5.92 Å². The van der Waals surface area contributed by atoms with Gasteiger partial charge in [0.05, 0.1) is 6.61 Å². The van der Waals surface area contributed by atoms with Gasteiger partial charge in [0.25, 0.3) is 0 Å². The summed E-state index contributed by atoms with van der Waals surface area (Å²) in [6.07, 6.45) is 1.98. The molecule has 1 fully saturated rings. The van der Waals surface area contributed by atoms with Crippen LogP contribution in [0.2, 0.25) is 0 Å². The van der Waals surface area contributed by atoms with Crippen molar-refractivity contribution in [2.75, 3.05) is 6.61 Å². The van der Waals surface area contributed by atoms with Gasteiger partial charge in [-0.15, -0.1) is 0 Å². The van der Waals surface area contributed by atoms with Gasteiger partial charge in [-0.05, 0) is 18.8 Å². The maximum Gasteiger partial charge on any atom is 0.304 e. The molecule has 1 aliphatic rings. The molecule has 0 unspecified atom stereocenters. The number of hydrogen-bond donors (Lipinski definition) is 0. The van der Waals surface area contributed by atoms with E-state index in [0.717, 1.165) is 19.3 Å². The van der Waals surface area contributed by atoms with Gasteiger partial charge in [-0.3, -0.25) is 4.79 Å². The molecule has 1 aliphatic heterocycles. The minimum Gasteiger partial charge on any atom is -0.436 e. The summed E-state index contributed by atoms with van der Waals surface area (Å²) in [6.45, 7) is 6.25. The lowest BCUT2D eigenvalue weighted by Gasteiger charge is -2.29. The van der Waals surface area contributed by atoms with Crippen molar-refractivity contribution in [3.8, 4) is 0 Å². The summed E-state index contributed by atoms with van der Waals surface area (Å²) in [7, 11) is 0. The van der Waals surface area contributed by atoms with E-state index in [1.165, 1.54) is 6.92 Å². The van der Waals surface area contributed by atoms with E-state index in [0.29, 0.717) is 12.5 Å². The van der Waals surface area contributed by atoms with E-state index in [4.69, 9.17) is 14.2 Å². The quantitative estimate of drug-likeness (QED) is 0.675. The monoisotopic (exact) mass is 216 g/mol. The van der Waals surface area contributed by atoms with E-state index in [1.54, 1.807) is 0 Å². The van der Waals surface area contributed by atoms with Crippen molar-refractivity contribution in [3.63, 3.8) is 0 Å². The molecule has 0 radical (unpaired) electrons. The molecule has 0 spiro atoms. The van der Waals surface area contributed by atoms with Crippen LogP contribution in [0.4, 0.5) is 0 Å². The lowest BCUT2D eigenvalue weighted by atomic mass is 10.2. The molecule has 0 bridgehead atoms. The Balaban J connectivity index is 2.25. The molecule has 2 atom stereocenters. The molecular weight excluding hydrogens is 196 g/mol. The van der Waals surface area contributed by atoms with E-state index in [9.17, 15) is 4.79 Å². The highest BCUT2D eigenvalue weighted by Gasteiger charge is 2.24. The van der Waals surface area contributed by atoms with Crippen LogP contribution in [0, 0.1) is 5.92 Å². The van der Waals surface area contributed by atoms with Crippen molar-refractivity contribution in [3.05, 3.63) is 0 Å². The Hall–Kier alpha value is -0.610. The molecule has 4 nitrogen and oxygen atoms in total. The summed E-state index contributed by atoms with van der Waals surface area (Å²) in [5, 5.41) is 0. The number of ether oxygens (including phenoxy) is 3. The van der Waals surface area contributed by atoms with E-state index in [-0.39, 0.29) is 12.3 Å². The van der Waals surface area contributed by atoms with Crippen molar-refractivity contribution in [1.29, 1.82) is 0 Å². The molecule has 0 saturated carbocycles. The largest absolute Gasteiger partial charge is 0.436 e. The summed E-state index contributed by atoms with van der Waals surface area (Å²) < 4.78 is 16.0. The molecule has 0 aromatic heterocycles. The molecule has 1 rings (SSSR count). The molecule has 0 aromatic rings. The van der Waals surface area contributed by atoms with Crippen molar-refractivity contribution in [2.45, 2.75) is 52.6 Å². The predicted octanol–water partition coefficient (Wildman–Crippen LogP) is 2.07. The number of rotatable bonds is 4. The van der Waals surface area contributed by atoms with Gasteiger partial charge < -0.3 is 14.2 Å². The Kier molecular flexibility index (Phi) is 5.05. The Morgan fingerprint density at radius 1 is 1.40 bits per heavy atom. The van der Waals surface area contributed by atoms with Gasteiger partial charge in [0.2, 0.25) is 6.29 Å². The first-order valence-corrected chi connectivity index (χ1v) is 5.52. The van der Waals surface area contributed by atoms with Crippen molar-refractivity contribution >= 4 is 5.97 Å². The maximum absolute atomic E-state index is 10.7. The topological polar surface area (TPSA) is 44.8 Å². The third-order valence-corrected chi connectivity index (χ3v) is 2.10. The molecule has 4 heteroatoms. The summed E-state index contributed by atoms with van der Waals surface area (Å²) in [4.78, 5) is 10.7. The van der Waals surface area contributed by atoms with Crippen LogP contribution in [0.3, 0.4) is 0 Å². The third kappa shape index (κ3) is 5.14. The van der Waals surface area contributed by atoms with Crippen molar-refractivity contribution in [1.82, 2.24) is 0 Å². The highest BCUT2D eigenvalue weighted by atomic mass is 16.8. The van der Waals surface area contributed by atoms with E-state index >= 15 is 0 Å². The molecular formula is C11H20O4. The van der Waals surface area contributed by atoms with Crippen LogP contribution in [-0.4, -0.2) is 25.2 Å². The van der Waals surface area contributed by atoms with Gasteiger partial charge in [-0.25, -0.2) is 0 Å². The number of carbonyl (C=O) groups excluding carboxylic acids is 1. The SMILES string of the molecule is CC(=O)O[C@H]1CCC[C@H](OCC(C)C)O1. The fraction of sp³-hybridized carbons (Fsp3) is 0.909. The highest BCUT2D eigenvalue weighted by molar-refractivity contribution is 5.66. The number of hydrogen-bond acceptors (Lipinski definition) is 4.